The number of benzene rings is 2. The average Bonchev–Trinajstić information content (AvgIpc) is 2.58. The fourth-order valence-electron chi connectivity index (χ4n) is 2.25. The van der Waals surface area contributed by atoms with Crippen molar-refractivity contribution < 1.29 is 13.9 Å². The molecule has 0 aliphatic rings. The van der Waals surface area contributed by atoms with E-state index in [0.29, 0.717) is 36.9 Å². The quantitative estimate of drug-likeness (QED) is 0.743. The first-order chi connectivity index (χ1) is 12.0. The van der Waals surface area contributed by atoms with E-state index in [1.54, 1.807) is 18.2 Å². The molecular weight excluding hydrogens is 343 g/mol. The Labute approximate surface area is 152 Å². The summed E-state index contributed by atoms with van der Waals surface area (Å²) >= 11 is 6.02. The Morgan fingerprint density at radius 2 is 1.92 bits per heavy atom. The zero-order valence-corrected chi connectivity index (χ0v) is 14.9. The van der Waals surface area contributed by atoms with Crippen LogP contribution < -0.4 is 10.1 Å². The highest BCUT2D eigenvalue weighted by atomic mass is 35.5. The van der Waals surface area contributed by atoms with Crippen LogP contribution in [-0.2, 0) is 11.2 Å². The van der Waals surface area contributed by atoms with Crippen molar-refractivity contribution >= 4 is 17.5 Å². The fraction of sp³-hybridized carbons (Fsp3) is 0.316. The van der Waals surface area contributed by atoms with E-state index in [2.05, 4.69) is 5.32 Å². The van der Waals surface area contributed by atoms with Crippen molar-refractivity contribution in [2.45, 2.75) is 6.42 Å². The second kappa shape index (κ2) is 10.0. The molecule has 0 atom stereocenters. The van der Waals surface area contributed by atoms with Crippen molar-refractivity contribution in [1.82, 2.24) is 10.2 Å². The van der Waals surface area contributed by atoms with Crippen LogP contribution >= 0.6 is 11.6 Å². The fourth-order valence-corrected chi connectivity index (χ4v) is 2.44. The van der Waals surface area contributed by atoms with Crippen LogP contribution in [0, 0.1) is 5.82 Å². The predicted molar refractivity (Wildman–Crippen MR) is 97.6 cm³/mol. The number of carbonyl (C=O) groups excluding carboxylic acids is 1. The zero-order chi connectivity index (χ0) is 18.1. The number of rotatable bonds is 9. The van der Waals surface area contributed by atoms with Crippen molar-refractivity contribution in [3.8, 4) is 5.75 Å². The lowest BCUT2D eigenvalue weighted by Gasteiger charge is -2.17. The molecule has 0 spiro atoms. The topological polar surface area (TPSA) is 41.6 Å². The molecule has 0 aromatic heterocycles. The van der Waals surface area contributed by atoms with Crippen LogP contribution in [0.1, 0.15) is 5.56 Å². The van der Waals surface area contributed by atoms with Gasteiger partial charge in [0.2, 0.25) is 5.91 Å². The highest BCUT2D eigenvalue weighted by Crippen LogP contribution is 2.22. The number of nitrogens with zero attached hydrogens (tertiary/aromatic N) is 1. The Hall–Kier alpha value is -2.11. The number of halogens is 2. The van der Waals surface area contributed by atoms with Crippen molar-refractivity contribution in [3.05, 3.63) is 64.9 Å². The Bertz CT molecular complexity index is 679. The molecular formula is C19H22ClFN2O2. The van der Waals surface area contributed by atoms with Gasteiger partial charge in [-0.2, -0.15) is 0 Å². The van der Waals surface area contributed by atoms with Crippen LogP contribution in [-0.4, -0.2) is 44.1 Å². The summed E-state index contributed by atoms with van der Waals surface area (Å²) in [5.41, 5.74) is 0.989. The maximum absolute atomic E-state index is 12.8. The Kier molecular flexibility index (Phi) is 7.70. The summed E-state index contributed by atoms with van der Waals surface area (Å²) in [4.78, 5) is 13.8. The van der Waals surface area contributed by atoms with Gasteiger partial charge in [0.05, 0.1) is 11.6 Å². The summed E-state index contributed by atoms with van der Waals surface area (Å²) in [6.45, 7) is 1.86. The molecule has 2 aromatic rings. The lowest BCUT2D eigenvalue weighted by molar-refractivity contribution is -0.121. The average molecular weight is 365 g/mol. The normalized spacial score (nSPS) is 10.7. The van der Waals surface area contributed by atoms with E-state index in [0.717, 1.165) is 5.56 Å². The Morgan fingerprint density at radius 3 is 2.64 bits per heavy atom. The smallest absolute Gasteiger partial charge is 0.234 e. The molecule has 0 heterocycles. The first-order valence-electron chi connectivity index (χ1n) is 8.11. The second-order valence-electron chi connectivity index (χ2n) is 5.74. The molecule has 0 saturated carbocycles. The lowest BCUT2D eigenvalue weighted by Crippen LogP contribution is -2.37. The Balaban J connectivity index is 1.61. The number of ether oxygens (including phenoxy) is 1. The molecule has 0 aliphatic carbocycles. The highest BCUT2D eigenvalue weighted by Gasteiger charge is 2.07. The molecule has 1 amide bonds. The third-order valence-electron chi connectivity index (χ3n) is 3.63. The summed E-state index contributed by atoms with van der Waals surface area (Å²) in [5.74, 6) is 0.331. The molecule has 0 fully saturated rings. The van der Waals surface area contributed by atoms with Gasteiger partial charge in [0.1, 0.15) is 18.2 Å². The number of nitrogens with one attached hydrogen (secondary N) is 1. The SMILES string of the molecule is CN(CCOc1ccccc1Cl)CC(=O)NCCc1ccc(F)cc1. The third kappa shape index (κ3) is 7.11. The minimum absolute atomic E-state index is 0.0534. The van der Waals surface area contributed by atoms with E-state index in [1.807, 2.05) is 30.1 Å². The largest absolute Gasteiger partial charge is 0.491 e. The third-order valence-corrected chi connectivity index (χ3v) is 3.94. The summed E-state index contributed by atoms with van der Waals surface area (Å²) in [7, 11) is 1.86. The first kappa shape index (κ1) is 19.2. The van der Waals surface area contributed by atoms with Gasteiger partial charge in [-0.1, -0.05) is 35.9 Å². The van der Waals surface area contributed by atoms with Gasteiger partial charge in [0.15, 0.2) is 0 Å². The monoisotopic (exact) mass is 364 g/mol. The maximum atomic E-state index is 12.8. The Morgan fingerprint density at radius 1 is 1.20 bits per heavy atom. The lowest BCUT2D eigenvalue weighted by atomic mass is 10.1. The van der Waals surface area contributed by atoms with E-state index >= 15 is 0 Å². The van der Waals surface area contributed by atoms with Gasteiger partial charge in [0, 0.05) is 13.1 Å². The minimum atomic E-state index is -0.256. The number of likely N-dealkylation sites (N-methyl/N-ethyl adjacent to an activating group) is 1. The van der Waals surface area contributed by atoms with E-state index in [-0.39, 0.29) is 18.3 Å². The van der Waals surface area contributed by atoms with Crippen molar-refractivity contribution in [3.63, 3.8) is 0 Å². The molecule has 0 saturated heterocycles. The molecule has 0 bridgehead atoms. The van der Waals surface area contributed by atoms with Crippen molar-refractivity contribution in [2.75, 3.05) is 33.3 Å². The van der Waals surface area contributed by atoms with Gasteiger partial charge in [-0.05, 0) is 43.3 Å². The van der Waals surface area contributed by atoms with Crippen molar-refractivity contribution in [2.24, 2.45) is 0 Å². The molecule has 25 heavy (non-hydrogen) atoms. The summed E-state index contributed by atoms with van der Waals surface area (Å²) in [5, 5.41) is 3.43. The van der Waals surface area contributed by atoms with Crippen LogP contribution in [0.4, 0.5) is 4.39 Å². The van der Waals surface area contributed by atoms with Crippen LogP contribution in [0.2, 0.25) is 5.02 Å². The predicted octanol–water partition coefficient (Wildman–Crippen LogP) is 3.15. The molecule has 4 nitrogen and oxygen atoms in total. The number of amides is 1. The number of hydrogen-bond acceptors (Lipinski definition) is 3. The number of para-hydroxylation sites is 1. The highest BCUT2D eigenvalue weighted by molar-refractivity contribution is 6.32. The molecule has 0 aliphatic heterocycles. The molecule has 0 radical (unpaired) electrons. The van der Waals surface area contributed by atoms with Crippen molar-refractivity contribution in [1.29, 1.82) is 0 Å². The van der Waals surface area contributed by atoms with Crippen LogP contribution in [0.15, 0.2) is 48.5 Å². The van der Waals surface area contributed by atoms with Crippen LogP contribution in [0.3, 0.4) is 0 Å². The molecule has 0 unspecified atom stereocenters. The van der Waals surface area contributed by atoms with Gasteiger partial charge in [0.25, 0.3) is 0 Å². The summed E-state index contributed by atoms with van der Waals surface area (Å²) < 4.78 is 18.4. The van der Waals surface area contributed by atoms with E-state index in [9.17, 15) is 9.18 Å². The van der Waals surface area contributed by atoms with E-state index in [1.165, 1.54) is 12.1 Å². The molecule has 134 valence electrons. The van der Waals surface area contributed by atoms with E-state index < -0.39 is 0 Å². The van der Waals surface area contributed by atoms with E-state index in [4.69, 9.17) is 16.3 Å². The molecule has 2 aromatic carbocycles. The summed E-state index contributed by atoms with van der Waals surface area (Å²) in [6, 6.07) is 13.6. The van der Waals surface area contributed by atoms with Gasteiger partial charge in [-0.3, -0.25) is 9.69 Å². The number of carbonyl (C=O) groups is 1. The number of hydrogen-bond donors (Lipinski definition) is 1. The maximum Gasteiger partial charge on any atom is 0.234 e. The second-order valence-corrected chi connectivity index (χ2v) is 6.15. The van der Waals surface area contributed by atoms with Crippen LogP contribution in [0.5, 0.6) is 5.75 Å². The summed E-state index contributed by atoms with van der Waals surface area (Å²) in [6.07, 6.45) is 0.672. The molecule has 6 heteroatoms. The van der Waals surface area contributed by atoms with Gasteiger partial charge in [-0.15, -0.1) is 0 Å². The molecule has 2 rings (SSSR count). The standard InChI is InChI=1S/C19H22ClFN2O2/c1-23(12-13-25-18-5-3-2-4-17(18)20)14-19(24)22-11-10-15-6-8-16(21)9-7-15/h2-9H,10-14H2,1H3,(H,22,24). The van der Waals surface area contributed by atoms with Gasteiger partial charge < -0.3 is 10.1 Å². The van der Waals surface area contributed by atoms with Gasteiger partial charge in [-0.25, -0.2) is 4.39 Å². The molecule has 1 N–H and O–H groups in total. The van der Waals surface area contributed by atoms with Gasteiger partial charge >= 0.3 is 0 Å². The zero-order valence-electron chi connectivity index (χ0n) is 14.2. The van der Waals surface area contributed by atoms with Crippen LogP contribution in [0.25, 0.3) is 0 Å². The minimum Gasteiger partial charge on any atom is -0.491 e. The first-order valence-corrected chi connectivity index (χ1v) is 8.49.